The highest BCUT2D eigenvalue weighted by atomic mass is 35.5. The van der Waals surface area contributed by atoms with Crippen LogP contribution in [0.15, 0.2) is 65.9 Å². The number of nitrogens with one attached hydrogen (secondary N) is 1. The van der Waals surface area contributed by atoms with Crippen molar-refractivity contribution < 1.29 is 4.74 Å². The normalized spacial score (nSPS) is 18.4. The zero-order valence-corrected chi connectivity index (χ0v) is 21.4. The van der Waals surface area contributed by atoms with Crippen molar-refractivity contribution in [3.63, 3.8) is 0 Å². The summed E-state index contributed by atoms with van der Waals surface area (Å²) in [5.74, 6) is 1.03. The maximum atomic E-state index is 6.58. The molecule has 0 saturated heterocycles. The van der Waals surface area contributed by atoms with Crippen molar-refractivity contribution in [1.29, 1.82) is 0 Å². The van der Waals surface area contributed by atoms with Gasteiger partial charge in [-0.25, -0.2) is 9.51 Å². The van der Waals surface area contributed by atoms with Gasteiger partial charge in [-0.05, 0) is 62.1 Å². The molecule has 4 aromatic rings. The van der Waals surface area contributed by atoms with E-state index < -0.39 is 0 Å². The predicted molar refractivity (Wildman–Crippen MR) is 148 cm³/mol. The number of ether oxygens (including phenoxy) is 1. The van der Waals surface area contributed by atoms with E-state index in [1.165, 1.54) is 0 Å². The van der Waals surface area contributed by atoms with Gasteiger partial charge in [-0.15, -0.1) is 0 Å². The maximum Gasteiger partial charge on any atom is 0.135 e. The second-order valence-corrected chi connectivity index (χ2v) is 9.86. The largest absolute Gasteiger partial charge is 0.497 e. The lowest BCUT2D eigenvalue weighted by Crippen LogP contribution is -2.33. The van der Waals surface area contributed by atoms with Crippen LogP contribution in [0.25, 0.3) is 16.6 Å². The van der Waals surface area contributed by atoms with E-state index in [9.17, 15) is 0 Å². The van der Waals surface area contributed by atoms with Crippen molar-refractivity contribution in [2.45, 2.75) is 37.8 Å². The molecule has 1 aliphatic carbocycles. The van der Waals surface area contributed by atoms with Crippen LogP contribution in [0, 0.1) is 0 Å². The van der Waals surface area contributed by atoms with Gasteiger partial charge in [0.25, 0.3) is 0 Å². The van der Waals surface area contributed by atoms with E-state index >= 15 is 0 Å². The second-order valence-electron chi connectivity index (χ2n) is 9.04. The zero-order chi connectivity index (χ0) is 25.2. The minimum atomic E-state index is 0.254. The number of nitrogens with two attached hydrogens (primary N) is 2. The number of aromatic nitrogens is 2. The summed E-state index contributed by atoms with van der Waals surface area (Å²) in [5, 5.41) is 9.50. The van der Waals surface area contributed by atoms with Gasteiger partial charge in [-0.2, -0.15) is 5.10 Å². The van der Waals surface area contributed by atoms with E-state index in [-0.39, 0.29) is 12.1 Å². The monoisotopic (exact) mass is 522 g/mol. The van der Waals surface area contributed by atoms with Crippen molar-refractivity contribution >= 4 is 45.9 Å². The molecule has 2 heterocycles. The molecule has 0 atom stereocenters. The summed E-state index contributed by atoms with van der Waals surface area (Å²) >= 11 is 12.9. The van der Waals surface area contributed by atoms with Crippen LogP contribution in [0.5, 0.6) is 5.75 Å². The van der Waals surface area contributed by atoms with Gasteiger partial charge in [0.1, 0.15) is 11.6 Å². The summed E-state index contributed by atoms with van der Waals surface area (Å²) in [6, 6.07) is 15.6. The smallest absolute Gasteiger partial charge is 0.135 e. The molecule has 0 aliphatic heterocycles. The predicted octanol–water partition coefficient (Wildman–Crippen LogP) is 6.04. The summed E-state index contributed by atoms with van der Waals surface area (Å²) in [7, 11) is 1.62. The Hall–Kier alpha value is -3.26. The molecular weight excluding hydrogens is 495 g/mol. The summed E-state index contributed by atoms with van der Waals surface area (Å²) in [6.45, 7) is 0. The van der Waals surface area contributed by atoms with E-state index in [1.54, 1.807) is 25.4 Å². The summed E-state index contributed by atoms with van der Waals surface area (Å²) in [5.41, 5.74) is 17.6. The van der Waals surface area contributed by atoms with Gasteiger partial charge in [-0.1, -0.05) is 35.3 Å². The summed E-state index contributed by atoms with van der Waals surface area (Å²) < 4.78 is 7.13. The Morgan fingerprint density at radius 1 is 1.08 bits per heavy atom. The SMILES string of the molecule is COc1ccc(-c2cc3c(N[C@H]4CC[C@H](N)CC4)c(/C(N)=N/c4ccccc4Cl)cnn3c2)c(Cl)c1. The highest BCUT2D eigenvalue weighted by Gasteiger charge is 2.22. The Labute approximate surface area is 220 Å². The molecule has 1 aliphatic rings. The van der Waals surface area contributed by atoms with E-state index in [1.807, 2.05) is 41.0 Å². The number of para-hydroxylation sites is 1. The quantitative estimate of drug-likeness (QED) is 0.211. The van der Waals surface area contributed by atoms with Crippen molar-refractivity contribution in [3.8, 4) is 16.9 Å². The molecule has 2 aromatic heterocycles. The van der Waals surface area contributed by atoms with Crippen LogP contribution < -0.4 is 21.5 Å². The van der Waals surface area contributed by atoms with Gasteiger partial charge in [0.15, 0.2) is 0 Å². The van der Waals surface area contributed by atoms with Crippen molar-refractivity contribution in [2.24, 2.45) is 16.5 Å². The number of hydrogen-bond donors (Lipinski definition) is 3. The molecule has 186 valence electrons. The van der Waals surface area contributed by atoms with Gasteiger partial charge in [0.05, 0.1) is 45.8 Å². The maximum absolute atomic E-state index is 6.58. The molecule has 1 saturated carbocycles. The van der Waals surface area contributed by atoms with Gasteiger partial charge in [0.2, 0.25) is 0 Å². The Kier molecular flexibility index (Phi) is 7.05. The Balaban J connectivity index is 1.61. The number of nitrogens with zero attached hydrogens (tertiary/aromatic N) is 3. The number of anilines is 1. The van der Waals surface area contributed by atoms with Gasteiger partial charge >= 0.3 is 0 Å². The molecule has 1 fully saturated rings. The molecule has 0 radical (unpaired) electrons. The molecule has 2 aromatic carbocycles. The molecule has 0 bridgehead atoms. The third kappa shape index (κ3) is 5.00. The molecule has 0 spiro atoms. The van der Waals surface area contributed by atoms with Crippen molar-refractivity contribution in [1.82, 2.24) is 9.61 Å². The summed E-state index contributed by atoms with van der Waals surface area (Å²) in [4.78, 5) is 4.62. The first-order chi connectivity index (χ1) is 17.4. The van der Waals surface area contributed by atoms with Gasteiger partial charge in [-0.3, -0.25) is 0 Å². The van der Waals surface area contributed by atoms with Crippen LogP contribution in [-0.4, -0.2) is 34.6 Å². The fraction of sp³-hybridized carbons (Fsp3) is 0.259. The van der Waals surface area contributed by atoms with Gasteiger partial charge < -0.3 is 21.5 Å². The number of hydrogen-bond acceptors (Lipinski definition) is 5. The lowest BCUT2D eigenvalue weighted by molar-refractivity contribution is 0.411. The first kappa shape index (κ1) is 24.4. The lowest BCUT2D eigenvalue weighted by Gasteiger charge is -2.28. The summed E-state index contributed by atoms with van der Waals surface area (Å²) in [6.07, 6.45) is 7.61. The Morgan fingerprint density at radius 3 is 2.58 bits per heavy atom. The zero-order valence-electron chi connectivity index (χ0n) is 19.9. The van der Waals surface area contributed by atoms with Gasteiger partial charge in [0, 0.05) is 29.4 Å². The fourth-order valence-corrected chi connectivity index (χ4v) is 5.06. The molecular formula is C27H28Cl2N6O. The first-order valence-electron chi connectivity index (χ1n) is 11.9. The number of rotatable bonds is 6. The number of aliphatic imine (C=N–C) groups is 1. The molecule has 5 rings (SSSR count). The number of halogens is 2. The Bertz CT molecular complexity index is 1430. The lowest BCUT2D eigenvalue weighted by atomic mass is 9.91. The molecule has 0 amide bonds. The third-order valence-corrected chi connectivity index (χ3v) is 7.25. The highest BCUT2D eigenvalue weighted by Crippen LogP contribution is 2.35. The minimum absolute atomic E-state index is 0.254. The minimum Gasteiger partial charge on any atom is -0.497 e. The van der Waals surface area contributed by atoms with Crippen LogP contribution in [-0.2, 0) is 0 Å². The third-order valence-electron chi connectivity index (χ3n) is 6.61. The molecule has 7 nitrogen and oxygen atoms in total. The van der Waals surface area contributed by atoms with E-state index in [0.29, 0.717) is 32.9 Å². The standard InChI is InChI=1S/C27H28Cl2N6O/c1-36-19-10-11-20(23(29)13-19)16-12-25-26(33-18-8-6-17(30)7-9-18)21(14-32-35(25)15-16)27(31)34-24-5-3-2-4-22(24)28/h2-5,10-15,17-18,33H,6-9,30H2,1H3,(H2,31,34)/t17-,18-. The van der Waals surface area contributed by atoms with E-state index in [2.05, 4.69) is 21.5 Å². The van der Waals surface area contributed by atoms with E-state index in [0.717, 1.165) is 48.0 Å². The molecule has 36 heavy (non-hydrogen) atoms. The fourth-order valence-electron chi connectivity index (χ4n) is 4.61. The molecule has 9 heteroatoms. The average Bonchev–Trinajstić information content (AvgIpc) is 3.31. The average molecular weight is 523 g/mol. The van der Waals surface area contributed by atoms with Crippen LogP contribution in [0.3, 0.4) is 0 Å². The van der Waals surface area contributed by atoms with Crippen LogP contribution in [0.1, 0.15) is 31.2 Å². The molecule has 5 N–H and O–H groups in total. The topological polar surface area (TPSA) is 103 Å². The number of methoxy groups -OCH3 is 1. The highest BCUT2D eigenvalue weighted by molar-refractivity contribution is 6.33. The number of fused-ring (bicyclic) bond motifs is 1. The van der Waals surface area contributed by atoms with Crippen molar-refractivity contribution in [3.05, 3.63) is 76.5 Å². The van der Waals surface area contributed by atoms with E-state index in [4.69, 9.17) is 39.4 Å². The Morgan fingerprint density at radius 2 is 1.86 bits per heavy atom. The second kappa shape index (κ2) is 10.4. The molecule has 0 unspecified atom stereocenters. The first-order valence-corrected chi connectivity index (χ1v) is 12.6. The number of benzene rings is 2. The van der Waals surface area contributed by atoms with Crippen molar-refractivity contribution in [2.75, 3.05) is 12.4 Å². The van der Waals surface area contributed by atoms with Crippen LogP contribution in [0.4, 0.5) is 11.4 Å². The number of amidine groups is 1. The van der Waals surface area contributed by atoms with Crippen LogP contribution in [0.2, 0.25) is 10.0 Å². The van der Waals surface area contributed by atoms with Crippen LogP contribution >= 0.6 is 23.2 Å².